The minimum atomic E-state index is -0.0198. The molecule has 1 spiro atoms. The van der Waals surface area contributed by atoms with E-state index in [2.05, 4.69) is 35.7 Å². The topological polar surface area (TPSA) is 32.8 Å². The second kappa shape index (κ2) is 7.86. The zero-order valence-corrected chi connectivity index (χ0v) is 18.0. The van der Waals surface area contributed by atoms with Crippen molar-refractivity contribution < 1.29 is 9.53 Å². The summed E-state index contributed by atoms with van der Waals surface area (Å²) >= 11 is 0. The molecule has 0 aromatic heterocycles. The van der Waals surface area contributed by atoms with Crippen LogP contribution in [0.3, 0.4) is 0 Å². The second-order valence-corrected chi connectivity index (χ2v) is 8.71. The van der Waals surface area contributed by atoms with Gasteiger partial charge in [0.25, 0.3) is 5.91 Å². The molecule has 0 unspecified atom stereocenters. The third-order valence-corrected chi connectivity index (χ3v) is 6.97. The monoisotopic (exact) mass is 412 g/mol. The fourth-order valence-electron chi connectivity index (χ4n) is 5.21. The third-order valence-electron chi connectivity index (χ3n) is 6.97. The first-order chi connectivity index (χ1) is 15.1. The number of rotatable bonds is 4. The molecular formula is C27H28N2O2. The number of likely N-dealkylation sites (tertiary alicyclic amines) is 1. The van der Waals surface area contributed by atoms with Crippen LogP contribution in [0.25, 0.3) is 10.8 Å². The molecule has 1 fully saturated rings. The van der Waals surface area contributed by atoms with Crippen LogP contribution in [-0.2, 0) is 5.41 Å². The first kappa shape index (κ1) is 19.8. The number of fused-ring (bicyclic) bond motifs is 3. The van der Waals surface area contributed by atoms with Gasteiger partial charge in [0, 0.05) is 29.8 Å². The molecule has 2 aliphatic rings. The SMILES string of the molecule is C=CCN1CCC2(CC1)CN(C(=O)c1ccc3ccccc3c1)c1ccc(OC)cc12. The zero-order chi connectivity index (χ0) is 21.4. The summed E-state index contributed by atoms with van der Waals surface area (Å²) < 4.78 is 5.53. The highest BCUT2D eigenvalue weighted by Crippen LogP contribution is 2.48. The van der Waals surface area contributed by atoms with Gasteiger partial charge in [-0.2, -0.15) is 0 Å². The average molecular weight is 413 g/mol. The number of benzene rings is 3. The van der Waals surface area contributed by atoms with Crippen LogP contribution in [-0.4, -0.2) is 44.1 Å². The van der Waals surface area contributed by atoms with E-state index in [9.17, 15) is 4.79 Å². The maximum absolute atomic E-state index is 13.7. The molecule has 2 aliphatic heterocycles. The van der Waals surface area contributed by atoms with Crippen molar-refractivity contribution in [1.29, 1.82) is 0 Å². The van der Waals surface area contributed by atoms with E-state index < -0.39 is 0 Å². The number of nitrogens with zero attached hydrogens (tertiary/aromatic N) is 2. The van der Waals surface area contributed by atoms with Crippen molar-refractivity contribution in [3.63, 3.8) is 0 Å². The van der Waals surface area contributed by atoms with Gasteiger partial charge in [-0.25, -0.2) is 0 Å². The quantitative estimate of drug-likeness (QED) is 0.564. The molecule has 0 bridgehead atoms. The summed E-state index contributed by atoms with van der Waals surface area (Å²) in [5.74, 6) is 0.925. The number of anilines is 1. The number of amides is 1. The molecule has 2 heterocycles. The van der Waals surface area contributed by atoms with Gasteiger partial charge in [0.1, 0.15) is 5.75 Å². The van der Waals surface area contributed by atoms with Gasteiger partial charge in [-0.15, -0.1) is 6.58 Å². The van der Waals surface area contributed by atoms with Gasteiger partial charge >= 0.3 is 0 Å². The molecule has 0 N–H and O–H groups in total. The number of hydrogen-bond acceptors (Lipinski definition) is 3. The van der Waals surface area contributed by atoms with Gasteiger partial charge in [-0.3, -0.25) is 9.69 Å². The van der Waals surface area contributed by atoms with Crippen LogP contribution in [0.5, 0.6) is 5.75 Å². The molecule has 3 aromatic rings. The van der Waals surface area contributed by atoms with Crippen molar-refractivity contribution >= 4 is 22.4 Å². The number of piperidine rings is 1. The van der Waals surface area contributed by atoms with Gasteiger partial charge in [-0.1, -0.05) is 36.4 Å². The fraction of sp³-hybridized carbons (Fsp3) is 0.296. The Labute approximate surface area is 183 Å². The van der Waals surface area contributed by atoms with Crippen molar-refractivity contribution in [1.82, 2.24) is 4.90 Å². The van der Waals surface area contributed by atoms with E-state index in [1.54, 1.807) is 7.11 Å². The number of hydrogen-bond donors (Lipinski definition) is 0. The van der Waals surface area contributed by atoms with Gasteiger partial charge in [0.2, 0.25) is 0 Å². The van der Waals surface area contributed by atoms with E-state index in [1.165, 1.54) is 5.56 Å². The predicted molar refractivity (Wildman–Crippen MR) is 126 cm³/mol. The van der Waals surface area contributed by atoms with Crippen LogP contribution in [0.1, 0.15) is 28.8 Å². The molecule has 4 nitrogen and oxygen atoms in total. The molecule has 1 amide bonds. The van der Waals surface area contributed by atoms with E-state index in [1.807, 2.05) is 47.4 Å². The van der Waals surface area contributed by atoms with Gasteiger partial charge in [0.05, 0.1) is 7.11 Å². The number of carbonyl (C=O) groups excluding carboxylic acids is 1. The Morgan fingerprint density at radius 2 is 1.84 bits per heavy atom. The molecule has 0 aliphatic carbocycles. The van der Waals surface area contributed by atoms with E-state index >= 15 is 0 Å². The maximum atomic E-state index is 13.7. The second-order valence-electron chi connectivity index (χ2n) is 8.71. The van der Waals surface area contributed by atoms with Gasteiger partial charge in [0.15, 0.2) is 0 Å². The van der Waals surface area contributed by atoms with Crippen LogP contribution < -0.4 is 9.64 Å². The van der Waals surface area contributed by atoms with Crippen molar-refractivity contribution in [3.8, 4) is 5.75 Å². The van der Waals surface area contributed by atoms with E-state index in [4.69, 9.17) is 4.74 Å². The molecule has 0 atom stereocenters. The summed E-state index contributed by atoms with van der Waals surface area (Å²) in [5.41, 5.74) is 2.99. The highest BCUT2D eigenvalue weighted by Gasteiger charge is 2.46. The lowest BCUT2D eigenvalue weighted by molar-refractivity contribution is 0.0978. The van der Waals surface area contributed by atoms with E-state index in [0.717, 1.165) is 66.8 Å². The average Bonchev–Trinajstić information content (AvgIpc) is 3.13. The summed E-state index contributed by atoms with van der Waals surface area (Å²) in [4.78, 5) is 18.1. The molecular weight excluding hydrogens is 384 g/mol. The van der Waals surface area contributed by atoms with Crippen LogP contribution in [0.15, 0.2) is 73.3 Å². The lowest BCUT2D eigenvalue weighted by Crippen LogP contribution is -2.46. The number of methoxy groups -OCH3 is 1. The highest BCUT2D eigenvalue weighted by molar-refractivity contribution is 6.09. The Hall–Kier alpha value is -3.11. The summed E-state index contributed by atoms with van der Waals surface area (Å²) in [6, 6.07) is 20.3. The minimum Gasteiger partial charge on any atom is -0.497 e. The predicted octanol–water partition coefficient (Wildman–Crippen LogP) is 5.03. The van der Waals surface area contributed by atoms with E-state index in [-0.39, 0.29) is 11.3 Å². The van der Waals surface area contributed by atoms with Crippen molar-refractivity contribution in [2.75, 3.05) is 38.2 Å². The molecule has 1 saturated heterocycles. The molecule has 5 rings (SSSR count). The van der Waals surface area contributed by atoms with Crippen molar-refractivity contribution in [3.05, 3.63) is 84.4 Å². The van der Waals surface area contributed by atoms with Crippen LogP contribution >= 0.6 is 0 Å². The van der Waals surface area contributed by atoms with Gasteiger partial charge in [-0.05, 0) is 72.6 Å². The number of carbonyl (C=O) groups is 1. The molecule has 0 saturated carbocycles. The normalized spacial score (nSPS) is 17.6. The number of ether oxygens (including phenoxy) is 1. The summed E-state index contributed by atoms with van der Waals surface area (Å²) in [5, 5.41) is 2.24. The highest BCUT2D eigenvalue weighted by atomic mass is 16.5. The molecule has 31 heavy (non-hydrogen) atoms. The smallest absolute Gasteiger partial charge is 0.258 e. The summed E-state index contributed by atoms with van der Waals surface area (Å²) in [6.45, 7) is 7.55. The van der Waals surface area contributed by atoms with Crippen molar-refractivity contribution in [2.24, 2.45) is 0 Å². The third kappa shape index (κ3) is 3.41. The summed E-state index contributed by atoms with van der Waals surface area (Å²) in [6.07, 6.45) is 4.03. The lowest BCUT2D eigenvalue weighted by atomic mass is 9.74. The minimum absolute atomic E-state index is 0.0198. The van der Waals surface area contributed by atoms with Crippen LogP contribution in [0.4, 0.5) is 5.69 Å². The summed E-state index contributed by atoms with van der Waals surface area (Å²) in [7, 11) is 1.70. The van der Waals surface area contributed by atoms with Crippen LogP contribution in [0, 0.1) is 0 Å². The Morgan fingerprint density at radius 3 is 2.58 bits per heavy atom. The first-order valence-corrected chi connectivity index (χ1v) is 11.0. The Kier molecular flexibility index (Phi) is 5.03. The Bertz CT molecular complexity index is 1140. The van der Waals surface area contributed by atoms with E-state index in [0.29, 0.717) is 0 Å². The standard InChI is InChI=1S/C27H28N2O2/c1-3-14-28-15-12-27(13-16-28)19-29(25-11-10-23(31-2)18-24(25)27)26(30)22-9-8-20-6-4-5-7-21(20)17-22/h3-11,17-18H,1,12-16,19H2,2H3. The largest absolute Gasteiger partial charge is 0.497 e. The van der Waals surface area contributed by atoms with Crippen LogP contribution in [0.2, 0.25) is 0 Å². The molecule has 0 radical (unpaired) electrons. The Morgan fingerprint density at radius 1 is 1.06 bits per heavy atom. The maximum Gasteiger partial charge on any atom is 0.258 e. The fourth-order valence-corrected chi connectivity index (χ4v) is 5.21. The molecule has 158 valence electrons. The first-order valence-electron chi connectivity index (χ1n) is 11.0. The molecule has 3 aromatic carbocycles. The zero-order valence-electron chi connectivity index (χ0n) is 18.0. The van der Waals surface area contributed by atoms with Gasteiger partial charge < -0.3 is 9.64 Å². The lowest BCUT2D eigenvalue weighted by Gasteiger charge is -2.39. The molecule has 4 heteroatoms. The van der Waals surface area contributed by atoms with Crippen molar-refractivity contribution in [2.45, 2.75) is 18.3 Å². The Balaban J connectivity index is 1.51.